The largest absolute Gasteiger partial charge is 0.392 e. The lowest BCUT2D eigenvalue weighted by Crippen LogP contribution is -2.31. The summed E-state index contributed by atoms with van der Waals surface area (Å²) in [4.78, 5) is 15.0. The van der Waals surface area contributed by atoms with Crippen LogP contribution in [0.4, 0.5) is 0 Å². The van der Waals surface area contributed by atoms with Gasteiger partial charge in [-0.2, -0.15) is 0 Å². The minimum Gasteiger partial charge on any atom is -0.392 e. The van der Waals surface area contributed by atoms with Crippen LogP contribution < -0.4 is 5.32 Å². The number of carbonyl (C=O) groups is 1. The zero-order valence-corrected chi connectivity index (χ0v) is 7.56. The van der Waals surface area contributed by atoms with E-state index in [0.29, 0.717) is 0 Å². The lowest BCUT2D eigenvalue weighted by Gasteiger charge is -2.03. The van der Waals surface area contributed by atoms with E-state index in [1.807, 2.05) is 0 Å². The van der Waals surface area contributed by atoms with Gasteiger partial charge in [-0.05, 0) is 6.92 Å². The monoisotopic (exact) mass is 184 g/mol. The van der Waals surface area contributed by atoms with Gasteiger partial charge >= 0.3 is 0 Å². The van der Waals surface area contributed by atoms with E-state index in [9.17, 15) is 4.79 Å². The summed E-state index contributed by atoms with van der Waals surface area (Å²) in [6.45, 7) is 1.79. The van der Waals surface area contributed by atoms with E-state index in [0.717, 1.165) is 0 Å². The summed E-state index contributed by atoms with van der Waals surface area (Å²) in [6, 6.07) is 0. The van der Waals surface area contributed by atoms with E-state index in [4.69, 9.17) is 5.11 Å². The fourth-order valence-electron chi connectivity index (χ4n) is 0.763. The topological polar surface area (TPSA) is 80.0 Å². The molecular formula is C7H12N4O2. The number of hydrogen-bond donors (Lipinski definition) is 2. The van der Waals surface area contributed by atoms with Crippen LogP contribution in [0.25, 0.3) is 0 Å². The molecule has 0 bridgehead atoms. The van der Waals surface area contributed by atoms with Gasteiger partial charge in [0.05, 0.1) is 6.10 Å². The van der Waals surface area contributed by atoms with E-state index in [1.165, 1.54) is 11.0 Å². The quantitative estimate of drug-likeness (QED) is 0.626. The summed E-state index contributed by atoms with van der Waals surface area (Å²) in [6.07, 6.45) is 0.879. The normalized spacial score (nSPS) is 12.5. The second-order valence-electron chi connectivity index (χ2n) is 2.80. The van der Waals surface area contributed by atoms with E-state index in [1.54, 1.807) is 14.0 Å². The molecule has 0 aliphatic heterocycles. The molecule has 1 atom stereocenters. The van der Waals surface area contributed by atoms with E-state index in [-0.39, 0.29) is 18.3 Å². The number of nitrogens with one attached hydrogen (secondary N) is 1. The number of rotatable bonds is 3. The molecule has 13 heavy (non-hydrogen) atoms. The van der Waals surface area contributed by atoms with Gasteiger partial charge in [0.15, 0.2) is 0 Å². The van der Waals surface area contributed by atoms with Crippen molar-refractivity contribution >= 4 is 5.91 Å². The lowest BCUT2D eigenvalue weighted by molar-refractivity contribution is 0.0913. The molecule has 2 N–H and O–H groups in total. The first-order valence-corrected chi connectivity index (χ1v) is 3.91. The van der Waals surface area contributed by atoms with Crippen molar-refractivity contribution in [3.05, 3.63) is 12.2 Å². The summed E-state index contributed by atoms with van der Waals surface area (Å²) in [7, 11) is 1.68. The average Bonchev–Trinajstić information content (AvgIpc) is 2.47. The second kappa shape index (κ2) is 3.99. The molecule has 0 spiro atoms. The van der Waals surface area contributed by atoms with E-state index in [2.05, 4.69) is 15.4 Å². The van der Waals surface area contributed by atoms with Gasteiger partial charge in [0.2, 0.25) is 5.82 Å². The molecular weight excluding hydrogens is 172 g/mol. The third-order valence-electron chi connectivity index (χ3n) is 1.36. The number of aryl methyl sites for hydroxylation is 1. The first-order chi connectivity index (χ1) is 6.09. The Bertz CT molecular complexity index is 294. The number of carbonyl (C=O) groups excluding carboxylic acids is 1. The van der Waals surface area contributed by atoms with Crippen LogP contribution in [0.5, 0.6) is 0 Å². The molecule has 1 aromatic heterocycles. The highest BCUT2D eigenvalue weighted by molar-refractivity contribution is 5.90. The van der Waals surface area contributed by atoms with E-state index >= 15 is 0 Å². The van der Waals surface area contributed by atoms with Crippen LogP contribution in [0.15, 0.2) is 6.33 Å². The zero-order chi connectivity index (χ0) is 9.84. The molecule has 0 aliphatic carbocycles. The van der Waals surface area contributed by atoms with Crippen LogP contribution in [-0.2, 0) is 7.05 Å². The van der Waals surface area contributed by atoms with Gasteiger partial charge in [0.1, 0.15) is 6.33 Å². The Balaban J connectivity index is 2.49. The number of nitrogens with zero attached hydrogens (tertiary/aromatic N) is 3. The van der Waals surface area contributed by atoms with Gasteiger partial charge in [-0.1, -0.05) is 0 Å². The summed E-state index contributed by atoms with van der Waals surface area (Å²) in [5, 5.41) is 15.2. The molecule has 0 aliphatic rings. The maximum absolute atomic E-state index is 11.2. The van der Waals surface area contributed by atoms with Crippen LogP contribution in [0.3, 0.4) is 0 Å². The van der Waals surface area contributed by atoms with Crippen LogP contribution >= 0.6 is 0 Å². The van der Waals surface area contributed by atoms with Crippen molar-refractivity contribution in [3.63, 3.8) is 0 Å². The van der Waals surface area contributed by atoms with Gasteiger partial charge in [0.25, 0.3) is 5.91 Å². The fraction of sp³-hybridized carbons (Fsp3) is 0.571. The predicted octanol–water partition coefficient (Wildman–Crippen LogP) is -1.07. The molecule has 0 aromatic carbocycles. The molecule has 1 amide bonds. The van der Waals surface area contributed by atoms with Gasteiger partial charge in [-0.15, -0.1) is 5.10 Å². The second-order valence-corrected chi connectivity index (χ2v) is 2.80. The smallest absolute Gasteiger partial charge is 0.291 e. The Morgan fingerprint density at radius 3 is 3.00 bits per heavy atom. The minimum absolute atomic E-state index is 0.114. The Kier molecular flexibility index (Phi) is 2.97. The third kappa shape index (κ3) is 2.83. The lowest BCUT2D eigenvalue weighted by atomic mass is 10.4. The highest BCUT2D eigenvalue weighted by Crippen LogP contribution is 1.87. The predicted molar refractivity (Wildman–Crippen MR) is 45.0 cm³/mol. The molecule has 0 saturated heterocycles. The first kappa shape index (κ1) is 9.66. The molecule has 6 nitrogen and oxygen atoms in total. The highest BCUT2D eigenvalue weighted by atomic mass is 16.3. The molecule has 1 rings (SSSR count). The Morgan fingerprint density at radius 1 is 1.85 bits per heavy atom. The number of amides is 1. The van der Waals surface area contributed by atoms with Gasteiger partial charge in [-0.3, -0.25) is 9.48 Å². The van der Waals surface area contributed by atoms with Crippen molar-refractivity contribution in [3.8, 4) is 0 Å². The summed E-state index contributed by atoms with van der Waals surface area (Å²) in [5.74, 6) is -0.260. The highest BCUT2D eigenvalue weighted by Gasteiger charge is 2.10. The standard InChI is InChI=1S/C7H12N4O2/c1-5(12)3-8-7(13)6-9-4-11(2)10-6/h4-5,12H,3H2,1-2H3,(H,8,13)/t5-/m0/s1. The molecule has 1 aromatic rings. The van der Waals surface area contributed by atoms with Gasteiger partial charge < -0.3 is 10.4 Å². The molecule has 0 fully saturated rings. The van der Waals surface area contributed by atoms with Crippen molar-refractivity contribution in [1.82, 2.24) is 20.1 Å². The minimum atomic E-state index is -0.562. The maximum atomic E-state index is 11.2. The average molecular weight is 184 g/mol. The number of aliphatic hydroxyl groups is 1. The fourth-order valence-corrected chi connectivity index (χ4v) is 0.763. The van der Waals surface area contributed by atoms with Gasteiger partial charge in [0, 0.05) is 13.6 Å². The molecule has 72 valence electrons. The summed E-state index contributed by atoms with van der Waals surface area (Å²) < 4.78 is 1.44. The van der Waals surface area contributed by atoms with Crippen molar-refractivity contribution in [2.24, 2.45) is 7.05 Å². The molecule has 0 radical (unpaired) electrons. The number of hydrogen-bond acceptors (Lipinski definition) is 4. The van der Waals surface area contributed by atoms with Crippen LogP contribution in [0, 0.1) is 0 Å². The first-order valence-electron chi connectivity index (χ1n) is 3.91. The van der Waals surface area contributed by atoms with Crippen LogP contribution in [0.2, 0.25) is 0 Å². The maximum Gasteiger partial charge on any atom is 0.291 e. The third-order valence-corrected chi connectivity index (χ3v) is 1.36. The summed E-state index contributed by atoms with van der Waals surface area (Å²) in [5.41, 5.74) is 0. The van der Waals surface area contributed by atoms with Gasteiger partial charge in [-0.25, -0.2) is 4.98 Å². The zero-order valence-electron chi connectivity index (χ0n) is 7.56. The summed E-state index contributed by atoms with van der Waals surface area (Å²) >= 11 is 0. The van der Waals surface area contributed by atoms with Crippen LogP contribution in [0.1, 0.15) is 17.5 Å². The van der Waals surface area contributed by atoms with Crippen molar-refractivity contribution < 1.29 is 9.90 Å². The SMILES string of the molecule is C[C@H](O)CNC(=O)c1ncn(C)n1. The Labute approximate surface area is 75.6 Å². The molecule has 1 heterocycles. The van der Waals surface area contributed by atoms with Crippen LogP contribution in [-0.4, -0.2) is 38.4 Å². The van der Waals surface area contributed by atoms with Crippen molar-refractivity contribution in [2.45, 2.75) is 13.0 Å². The molecule has 0 unspecified atom stereocenters. The molecule has 0 saturated carbocycles. The Hall–Kier alpha value is -1.43. The van der Waals surface area contributed by atoms with Crippen molar-refractivity contribution in [1.29, 1.82) is 0 Å². The van der Waals surface area contributed by atoms with E-state index < -0.39 is 6.10 Å². The van der Waals surface area contributed by atoms with Crippen molar-refractivity contribution in [2.75, 3.05) is 6.54 Å². The Morgan fingerprint density at radius 2 is 2.54 bits per heavy atom. The number of aromatic nitrogens is 3. The molecule has 6 heteroatoms. The number of aliphatic hydroxyl groups excluding tert-OH is 1.